The normalized spacial score (nSPS) is 27.7. The number of nitrogens with zero attached hydrogens (tertiary/aromatic N) is 4. The third kappa shape index (κ3) is 8.38. The summed E-state index contributed by atoms with van der Waals surface area (Å²) in [6.45, 7) is 23.9. The van der Waals surface area contributed by atoms with Gasteiger partial charge < -0.3 is 19.3 Å². The lowest BCUT2D eigenvalue weighted by Crippen LogP contribution is -2.67. The minimum atomic E-state index is 0.542. The van der Waals surface area contributed by atoms with Gasteiger partial charge in [0, 0.05) is 90.4 Å². The van der Waals surface area contributed by atoms with Gasteiger partial charge in [-0.2, -0.15) is 0 Å². The van der Waals surface area contributed by atoms with Crippen LogP contribution in [0.4, 0.5) is 0 Å². The lowest BCUT2D eigenvalue weighted by Gasteiger charge is -2.57. The minimum Gasteiger partial charge on any atom is -0.381 e. The molecule has 1 saturated carbocycles. The Labute approximate surface area is 223 Å². The summed E-state index contributed by atoms with van der Waals surface area (Å²) in [7, 11) is 0. The van der Waals surface area contributed by atoms with Crippen LogP contribution in [0, 0.1) is 11.8 Å². The summed E-state index contributed by atoms with van der Waals surface area (Å²) in [5, 5.41) is 0. The molecule has 0 amide bonds. The summed E-state index contributed by atoms with van der Waals surface area (Å²) in [6.07, 6.45) is 12.1. The first-order chi connectivity index (χ1) is 17.6. The molecule has 0 unspecified atom stereocenters. The van der Waals surface area contributed by atoms with Crippen molar-refractivity contribution in [3.05, 3.63) is 0 Å². The molecule has 0 bridgehead atoms. The second-order valence-corrected chi connectivity index (χ2v) is 12.7. The van der Waals surface area contributed by atoms with E-state index in [4.69, 9.17) is 9.47 Å². The maximum absolute atomic E-state index is 5.50. The topological polar surface area (TPSA) is 31.4 Å². The number of piperazine rings is 2. The highest BCUT2D eigenvalue weighted by Crippen LogP contribution is 2.41. The van der Waals surface area contributed by atoms with Gasteiger partial charge >= 0.3 is 0 Å². The summed E-state index contributed by atoms with van der Waals surface area (Å²) in [6, 6.07) is 0.711. The summed E-state index contributed by atoms with van der Waals surface area (Å²) in [4.78, 5) is 10.8. The standard InChI is InChI=1S/C16H30N2O.C14H28N2O/c1-14(2)17-8-9-18(16(13-17)6-3-7-16)12-15-4-10-19-11-5-15;1-2-6-15-8-10-16(11-9-15)7-3-14-4-12-17-13-5-14/h14-15H,3-13H2,1-2H3;14H,2-13H2,1H3. The van der Waals surface area contributed by atoms with Crippen molar-refractivity contribution >= 4 is 0 Å². The molecule has 1 aliphatic carbocycles. The summed E-state index contributed by atoms with van der Waals surface area (Å²) in [5.41, 5.74) is 0.542. The first kappa shape index (κ1) is 28.8. The summed E-state index contributed by atoms with van der Waals surface area (Å²) < 4.78 is 10.9. The molecule has 0 radical (unpaired) electrons. The predicted molar refractivity (Wildman–Crippen MR) is 150 cm³/mol. The van der Waals surface area contributed by atoms with Crippen LogP contribution in [-0.4, -0.2) is 123 Å². The molecule has 0 aromatic rings. The molecule has 4 heterocycles. The van der Waals surface area contributed by atoms with E-state index in [1.54, 1.807) is 0 Å². The third-order valence-electron chi connectivity index (χ3n) is 9.86. The van der Waals surface area contributed by atoms with Crippen molar-refractivity contribution in [2.24, 2.45) is 11.8 Å². The van der Waals surface area contributed by atoms with Crippen LogP contribution in [0.3, 0.4) is 0 Å². The van der Waals surface area contributed by atoms with E-state index in [0.717, 1.165) is 38.3 Å². The fourth-order valence-corrected chi connectivity index (χ4v) is 7.02. The average molecular weight is 507 g/mol. The van der Waals surface area contributed by atoms with Crippen LogP contribution < -0.4 is 0 Å². The first-order valence-corrected chi connectivity index (χ1v) is 15.7. The van der Waals surface area contributed by atoms with E-state index < -0.39 is 0 Å². The third-order valence-corrected chi connectivity index (χ3v) is 9.86. The SMILES string of the molecule is CC(C)N1CCN(CC2CCOCC2)C2(CCC2)C1.CCCN1CCN(CCC2CCOCC2)CC1. The molecule has 5 aliphatic rings. The van der Waals surface area contributed by atoms with Crippen molar-refractivity contribution in [1.29, 1.82) is 0 Å². The van der Waals surface area contributed by atoms with E-state index in [0.29, 0.717) is 11.6 Å². The molecule has 4 saturated heterocycles. The molecule has 210 valence electrons. The molecule has 1 spiro atoms. The highest BCUT2D eigenvalue weighted by molar-refractivity contribution is 5.04. The fourth-order valence-electron chi connectivity index (χ4n) is 7.02. The quantitative estimate of drug-likeness (QED) is 0.491. The van der Waals surface area contributed by atoms with Crippen molar-refractivity contribution in [2.45, 2.75) is 90.1 Å². The van der Waals surface area contributed by atoms with Gasteiger partial charge in [-0.1, -0.05) is 6.92 Å². The highest BCUT2D eigenvalue weighted by atomic mass is 16.5. The van der Waals surface area contributed by atoms with Gasteiger partial charge in [0.1, 0.15) is 0 Å². The molecule has 5 rings (SSSR count). The minimum absolute atomic E-state index is 0.542. The lowest BCUT2D eigenvalue weighted by atomic mass is 9.73. The van der Waals surface area contributed by atoms with Gasteiger partial charge in [0.05, 0.1) is 0 Å². The van der Waals surface area contributed by atoms with Gasteiger partial charge in [0.2, 0.25) is 0 Å². The van der Waals surface area contributed by atoms with E-state index in [9.17, 15) is 0 Å². The van der Waals surface area contributed by atoms with Gasteiger partial charge in [-0.15, -0.1) is 0 Å². The van der Waals surface area contributed by atoms with Crippen molar-refractivity contribution < 1.29 is 9.47 Å². The zero-order valence-electron chi connectivity index (χ0n) is 24.1. The largest absolute Gasteiger partial charge is 0.381 e. The summed E-state index contributed by atoms with van der Waals surface area (Å²) in [5.74, 6) is 1.81. The number of hydrogen-bond donors (Lipinski definition) is 0. The van der Waals surface area contributed by atoms with Crippen molar-refractivity contribution in [1.82, 2.24) is 19.6 Å². The van der Waals surface area contributed by atoms with Crippen LogP contribution in [0.5, 0.6) is 0 Å². The van der Waals surface area contributed by atoms with Gasteiger partial charge in [-0.05, 0) is 96.6 Å². The van der Waals surface area contributed by atoms with Crippen molar-refractivity contribution in [3.63, 3.8) is 0 Å². The number of ether oxygens (including phenoxy) is 2. The van der Waals surface area contributed by atoms with Crippen molar-refractivity contribution in [3.8, 4) is 0 Å². The van der Waals surface area contributed by atoms with Crippen LogP contribution >= 0.6 is 0 Å². The Kier molecular flexibility index (Phi) is 11.8. The second-order valence-electron chi connectivity index (χ2n) is 12.7. The Bertz CT molecular complexity index is 594. The zero-order valence-corrected chi connectivity index (χ0v) is 24.1. The Balaban J connectivity index is 0.000000170. The molecule has 0 N–H and O–H groups in total. The summed E-state index contributed by atoms with van der Waals surface area (Å²) >= 11 is 0. The van der Waals surface area contributed by atoms with Crippen molar-refractivity contribution in [2.75, 3.05) is 91.9 Å². The van der Waals surface area contributed by atoms with Crippen LogP contribution in [0.1, 0.15) is 78.6 Å². The molecule has 6 heteroatoms. The zero-order chi connectivity index (χ0) is 25.2. The van der Waals surface area contributed by atoms with Gasteiger partial charge in [-0.3, -0.25) is 9.80 Å². The van der Waals surface area contributed by atoms with Crippen LogP contribution in [-0.2, 0) is 9.47 Å². The Morgan fingerprint density at radius 1 is 0.750 bits per heavy atom. The van der Waals surface area contributed by atoms with E-state index >= 15 is 0 Å². The molecule has 0 aromatic heterocycles. The highest BCUT2D eigenvalue weighted by Gasteiger charge is 2.46. The smallest absolute Gasteiger partial charge is 0.0469 e. The van der Waals surface area contributed by atoms with E-state index in [2.05, 4.69) is 40.4 Å². The lowest BCUT2D eigenvalue weighted by molar-refractivity contribution is -0.0754. The Morgan fingerprint density at radius 2 is 1.33 bits per heavy atom. The monoisotopic (exact) mass is 506 g/mol. The molecule has 36 heavy (non-hydrogen) atoms. The van der Waals surface area contributed by atoms with Crippen LogP contribution in [0.15, 0.2) is 0 Å². The molecule has 6 nitrogen and oxygen atoms in total. The number of rotatable bonds is 8. The molecular weight excluding hydrogens is 448 g/mol. The Hall–Kier alpha value is -0.240. The molecule has 5 fully saturated rings. The van der Waals surface area contributed by atoms with Gasteiger partial charge in [-0.25, -0.2) is 0 Å². The number of hydrogen-bond acceptors (Lipinski definition) is 6. The van der Waals surface area contributed by atoms with E-state index in [-0.39, 0.29) is 0 Å². The average Bonchev–Trinajstić information content (AvgIpc) is 2.89. The maximum Gasteiger partial charge on any atom is 0.0469 e. The second kappa shape index (κ2) is 14.8. The van der Waals surface area contributed by atoms with E-state index in [1.807, 2.05) is 0 Å². The Morgan fingerprint density at radius 3 is 1.86 bits per heavy atom. The van der Waals surface area contributed by atoms with Gasteiger partial charge in [0.15, 0.2) is 0 Å². The van der Waals surface area contributed by atoms with Crippen LogP contribution in [0.2, 0.25) is 0 Å². The molecule has 4 aliphatic heterocycles. The first-order valence-electron chi connectivity index (χ1n) is 15.7. The molecule has 0 aromatic carbocycles. The van der Waals surface area contributed by atoms with E-state index in [1.165, 1.54) is 123 Å². The fraction of sp³-hybridized carbons (Fsp3) is 1.00. The van der Waals surface area contributed by atoms with Gasteiger partial charge in [0.25, 0.3) is 0 Å². The predicted octanol–water partition coefficient (Wildman–Crippen LogP) is 4.19. The molecule has 0 atom stereocenters. The molecular formula is C30H58N4O2. The maximum atomic E-state index is 5.50. The van der Waals surface area contributed by atoms with Crippen LogP contribution in [0.25, 0.3) is 0 Å².